The molecule has 0 bridgehead atoms. The van der Waals surface area contributed by atoms with Crippen molar-refractivity contribution in [2.75, 3.05) is 11.1 Å². The van der Waals surface area contributed by atoms with Crippen LogP contribution in [0.3, 0.4) is 0 Å². The summed E-state index contributed by atoms with van der Waals surface area (Å²) in [5.74, 6) is -0.0754. The summed E-state index contributed by atoms with van der Waals surface area (Å²) in [6.45, 7) is 3.74. The van der Waals surface area contributed by atoms with Crippen LogP contribution in [0.25, 0.3) is 0 Å². The molecule has 3 nitrogen and oxygen atoms in total. The van der Waals surface area contributed by atoms with Gasteiger partial charge in [0, 0.05) is 16.3 Å². The number of halogens is 1. The fourth-order valence-electron chi connectivity index (χ4n) is 1.81. The standard InChI is InChI=1S/C16H17ClN2OS/c1-10-13(18)7-5-8-14(10)19-16(20)11(2)21-15-9-4-3-6-12(15)17/h3-9,11H,18H2,1-2H3,(H,19,20). The van der Waals surface area contributed by atoms with Crippen molar-refractivity contribution in [3.63, 3.8) is 0 Å². The van der Waals surface area contributed by atoms with Crippen molar-refractivity contribution in [3.8, 4) is 0 Å². The van der Waals surface area contributed by atoms with E-state index in [1.165, 1.54) is 11.8 Å². The summed E-state index contributed by atoms with van der Waals surface area (Å²) in [6, 6.07) is 13.0. The Morgan fingerprint density at radius 2 is 1.95 bits per heavy atom. The summed E-state index contributed by atoms with van der Waals surface area (Å²) in [5, 5.41) is 3.30. The topological polar surface area (TPSA) is 55.1 Å². The van der Waals surface area contributed by atoms with Crippen LogP contribution in [-0.2, 0) is 4.79 Å². The van der Waals surface area contributed by atoms with Gasteiger partial charge in [-0.25, -0.2) is 0 Å². The monoisotopic (exact) mass is 320 g/mol. The zero-order valence-electron chi connectivity index (χ0n) is 11.9. The average Bonchev–Trinajstić information content (AvgIpc) is 2.46. The molecule has 0 aliphatic carbocycles. The first-order chi connectivity index (χ1) is 9.99. The number of nitrogen functional groups attached to an aromatic ring is 1. The average molecular weight is 321 g/mol. The molecule has 0 saturated carbocycles. The van der Waals surface area contributed by atoms with E-state index in [1.54, 1.807) is 0 Å². The highest BCUT2D eigenvalue weighted by molar-refractivity contribution is 8.00. The molecule has 0 heterocycles. The number of amides is 1. The summed E-state index contributed by atoms with van der Waals surface area (Å²) in [4.78, 5) is 13.2. The van der Waals surface area contributed by atoms with E-state index < -0.39 is 0 Å². The van der Waals surface area contributed by atoms with Crippen molar-refractivity contribution < 1.29 is 4.79 Å². The van der Waals surface area contributed by atoms with Crippen LogP contribution in [0, 0.1) is 6.92 Å². The van der Waals surface area contributed by atoms with Crippen LogP contribution in [0.1, 0.15) is 12.5 Å². The Balaban J connectivity index is 2.06. The smallest absolute Gasteiger partial charge is 0.237 e. The lowest BCUT2D eigenvalue weighted by Gasteiger charge is -2.15. The van der Waals surface area contributed by atoms with Gasteiger partial charge >= 0.3 is 0 Å². The van der Waals surface area contributed by atoms with Gasteiger partial charge in [0.2, 0.25) is 5.91 Å². The largest absolute Gasteiger partial charge is 0.398 e. The summed E-state index contributed by atoms with van der Waals surface area (Å²) in [6.07, 6.45) is 0. The lowest BCUT2D eigenvalue weighted by Crippen LogP contribution is -2.23. The quantitative estimate of drug-likeness (QED) is 0.650. The summed E-state index contributed by atoms with van der Waals surface area (Å²) in [7, 11) is 0. The van der Waals surface area contributed by atoms with Crippen molar-refractivity contribution in [1.82, 2.24) is 0 Å². The number of anilines is 2. The predicted molar refractivity (Wildman–Crippen MR) is 91.0 cm³/mol. The van der Waals surface area contributed by atoms with Crippen LogP contribution in [0.4, 0.5) is 11.4 Å². The Morgan fingerprint density at radius 1 is 1.24 bits per heavy atom. The molecule has 0 radical (unpaired) electrons. The predicted octanol–water partition coefficient (Wildman–Crippen LogP) is 4.35. The molecular weight excluding hydrogens is 304 g/mol. The van der Waals surface area contributed by atoms with Gasteiger partial charge in [0.15, 0.2) is 0 Å². The summed E-state index contributed by atoms with van der Waals surface area (Å²) < 4.78 is 0. The van der Waals surface area contributed by atoms with Gasteiger partial charge in [-0.3, -0.25) is 4.79 Å². The van der Waals surface area contributed by atoms with E-state index in [0.717, 1.165) is 16.1 Å². The number of thioether (sulfide) groups is 1. The maximum atomic E-state index is 12.3. The molecule has 2 aromatic rings. The Labute approximate surface area is 133 Å². The van der Waals surface area contributed by atoms with Crippen molar-refractivity contribution >= 4 is 40.6 Å². The van der Waals surface area contributed by atoms with Gasteiger partial charge in [-0.15, -0.1) is 11.8 Å². The Bertz CT molecular complexity index is 660. The van der Waals surface area contributed by atoms with Crippen molar-refractivity contribution in [1.29, 1.82) is 0 Å². The molecule has 0 saturated heterocycles. The minimum absolute atomic E-state index is 0.0754. The van der Waals surface area contributed by atoms with Crippen LogP contribution >= 0.6 is 23.4 Å². The minimum atomic E-state index is -0.259. The van der Waals surface area contributed by atoms with Gasteiger partial charge in [-0.05, 0) is 43.7 Å². The van der Waals surface area contributed by atoms with E-state index in [1.807, 2.05) is 56.3 Å². The van der Waals surface area contributed by atoms with Gasteiger partial charge in [-0.1, -0.05) is 29.8 Å². The van der Waals surface area contributed by atoms with Crippen LogP contribution < -0.4 is 11.1 Å². The molecular formula is C16H17ClN2OS. The third-order valence-electron chi connectivity index (χ3n) is 3.14. The maximum Gasteiger partial charge on any atom is 0.237 e. The first-order valence-electron chi connectivity index (χ1n) is 6.56. The zero-order valence-corrected chi connectivity index (χ0v) is 13.5. The van der Waals surface area contributed by atoms with E-state index in [-0.39, 0.29) is 11.2 Å². The first kappa shape index (κ1) is 15.7. The molecule has 2 rings (SSSR count). The fraction of sp³-hybridized carbons (Fsp3) is 0.188. The molecule has 1 unspecified atom stereocenters. The third kappa shape index (κ3) is 3.93. The second kappa shape index (κ2) is 6.87. The first-order valence-corrected chi connectivity index (χ1v) is 7.82. The van der Waals surface area contributed by atoms with E-state index in [4.69, 9.17) is 17.3 Å². The van der Waals surface area contributed by atoms with Crippen molar-refractivity contribution in [2.45, 2.75) is 24.0 Å². The van der Waals surface area contributed by atoms with Crippen LogP contribution in [0.2, 0.25) is 5.02 Å². The van der Waals surface area contributed by atoms with Crippen LogP contribution in [-0.4, -0.2) is 11.2 Å². The molecule has 0 aliphatic heterocycles. The molecule has 1 amide bonds. The normalized spacial score (nSPS) is 12.0. The third-order valence-corrected chi connectivity index (χ3v) is 4.76. The molecule has 2 aromatic carbocycles. The van der Waals surface area contributed by atoms with Crippen LogP contribution in [0.5, 0.6) is 0 Å². The molecule has 1 atom stereocenters. The van der Waals surface area contributed by atoms with Crippen molar-refractivity contribution in [2.24, 2.45) is 0 Å². The van der Waals surface area contributed by atoms with Gasteiger partial charge in [-0.2, -0.15) is 0 Å². The Kier molecular flexibility index (Phi) is 5.15. The molecule has 0 aliphatic rings. The molecule has 0 spiro atoms. The van der Waals surface area contributed by atoms with Gasteiger partial charge in [0.1, 0.15) is 0 Å². The van der Waals surface area contributed by atoms with Crippen molar-refractivity contribution in [3.05, 3.63) is 53.1 Å². The lowest BCUT2D eigenvalue weighted by molar-refractivity contribution is -0.115. The lowest BCUT2D eigenvalue weighted by atomic mass is 10.1. The summed E-state index contributed by atoms with van der Waals surface area (Å²) in [5.41, 5.74) is 8.13. The van der Waals surface area contributed by atoms with E-state index in [0.29, 0.717) is 10.7 Å². The SMILES string of the molecule is Cc1c(N)cccc1NC(=O)C(C)Sc1ccccc1Cl. The number of carbonyl (C=O) groups is 1. The van der Waals surface area contributed by atoms with Gasteiger partial charge < -0.3 is 11.1 Å². The number of benzene rings is 2. The number of carbonyl (C=O) groups excluding carboxylic acids is 1. The molecule has 0 aromatic heterocycles. The second-order valence-electron chi connectivity index (χ2n) is 4.70. The second-order valence-corrected chi connectivity index (χ2v) is 6.49. The van der Waals surface area contributed by atoms with E-state index >= 15 is 0 Å². The highest BCUT2D eigenvalue weighted by atomic mass is 35.5. The highest BCUT2D eigenvalue weighted by Gasteiger charge is 2.16. The maximum absolute atomic E-state index is 12.3. The minimum Gasteiger partial charge on any atom is -0.398 e. The number of rotatable bonds is 4. The Morgan fingerprint density at radius 3 is 2.67 bits per heavy atom. The molecule has 0 fully saturated rings. The number of nitrogens with one attached hydrogen (secondary N) is 1. The zero-order chi connectivity index (χ0) is 15.4. The fourth-order valence-corrected chi connectivity index (χ4v) is 2.96. The molecule has 5 heteroatoms. The van der Waals surface area contributed by atoms with Gasteiger partial charge in [0.05, 0.1) is 10.3 Å². The van der Waals surface area contributed by atoms with Gasteiger partial charge in [0.25, 0.3) is 0 Å². The molecule has 21 heavy (non-hydrogen) atoms. The highest BCUT2D eigenvalue weighted by Crippen LogP contribution is 2.31. The van der Waals surface area contributed by atoms with Crippen LogP contribution in [0.15, 0.2) is 47.4 Å². The molecule has 3 N–H and O–H groups in total. The number of nitrogens with two attached hydrogens (primary N) is 1. The van der Waals surface area contributed by atoms with E-state index in [9.17, 15) is 4.79 Å². The van der Waals surface area contributed by atoms with E-state index in [2.05, 4.69) is 5.32 Å². The summed E-state index contributed by atoms with van der Waals surface area (Å²) >= 11 is 7.54. The number of hydrogen-bond donors (Lipinski definition) is 2. The molecule has 110 valence electrons. The number of hydrogen-bond acceptors (Lipinski definition) is 3. The Hall–Kier alpha value is -1.65.